The predicted octanol–water partition coefficient (Wildman–Crippen LogP) is 5.47. The Balaban J connectivity index is 1.56. The zero-order valence-electron chi connectivity index (χ0n) is 15.6. The number of fused-ring (bicyclic) bond motifs is 1. The fourth-order valence-corrected chi connectivity index (χ4v) is 3.13. The molecule has 0 unspecified atom stereocenters. The van der Waals surface area contributed by atoms with E-state index in [1.54, 1.807) is 13.0 Å². The second-order valence-electron chi connectivity index (χ2n) is 6.63. The van der Waals surface area contributed by atoms with Gasteiger partial charge in [-0.2, -0.15) is 0 Å². The second-order valence-corrected chi connectivity index (χ2v) is 6.63. The minimum absolute atomic E-state index is 0.0663. The van der Waals surface area contributed by atoms with Crippen molar-refractivity contribution in [2.75, 3.05) is 5.32 Å². The van der Waals surface area contributed by atoms with Crippen LogP contribution in [0.15, 0.2) is 41.1 Å². The van der Waals surface area contributed by atoms with Gasteiger partial charge in [0.25, 0.3) is 12.3 Å². The lowest BCUT2D eigenvalue weighted by molar-refractivity contribution is -0.286. The first kappa shape index (κ1) is 19.7. The van der Waals surface area contributed by atoms with Crippen molar-refractivity contribution in [1.82, 2.24) is 4.98 Å². The summed E-state index contributed by atoms with van der Waals surface area (Å²) in [5.41, 5.74) is 1.81. The van der Waals surface area contributed by atoms with Gasteiger partial charge in [-0.1, -0.05) is 0 Å². The molecule has 10 heteroatoms. The molecule has 1 aromatic carbocycles. The summed E-state index contributed by atoms with van der Waals surface area (Å²) in [4.78, 5) is 16.5. The van der Waals surface area contributed by atoms with Crippen molar-refractivity contribution in [3.63, 3.8) is 0 Å². The van der Waals surface area contributed by atoms with Gasteiger partial charge in [-0.15, -0.1) is 8.78 Å². The standard InChI is InChI=1S/C20H14F4N2O4/c1-9-5-13-14(30-20(23,24)29-13)6-12(9)11-3-4-15(25-7-11)26-19(27)16-10(2)8-28-17(16)18(21)22/h3-8,18H,1-2H3,(H,25,26,27). The average Bonchev–Trinajstić information content (AvgIpc) is 3.19. The number of benzene rings is 1. The highest BCUT2D eigenvalue weighted by Crippen LogP contribution is 2.44. The maximum absolute atomic E-state index is 13.2. The van der Waals surface area contributed by atoms with E-state index in [0.29, 0.717) is 16.7 Å². The van der Waals surface area contributed by atoms with Crippen molar-refractivity contribution in [3.8, 4) is 22.6 Å². The van der Waals surface area contributed by atoms with Crippen LogP contribution in [0.1, 0.15) is 33.7 Å². The number of halogens is 4. The first-order chi connectivity index (χ1) is 14.1. The van der Waals surface area contributed by atoms with Gasteiger partial charge in [0.05, 0.1) is 11.8 Å². The molecule has 3 aromatic rings. The number of nitrogens with zero attached hydrogens (tertiary/aromatic N) is 1. The van der Waals surface area contributed by atoms with Gasteiger partial charge in [-0.25, -0.2) is 13.8 Å². The Bertz CT molecular complexity index is 1130. The number of hydrogen-bond donors (Lipinski definition) is 1. The normalized spacial score (nSPS) is 14.2. The topological polar surface area (TPSA) is 73.6 Å². The highest BCUT2D eigenvalue weighted by Gasteiger charge is 2.43. The van der Waals surface area contributed by atoms with Crippen LogP contribution in [0, 0.1) is 13.8 Å². The fourth-order valence-electron chi connectivity index (χ4n) is 3.13. The van der Waals surface area contributed by atoms with Gasteiger partial charge in [0, 0.05) is 17.3 Å². The maximum Gasteiger partial charge on any atom is 0.586 e. The molecule has 1 N–H and O–H groups in total. The molecule has 1 amide bonds. The fraction of sp³-hybridized carbons (Fsp3) is 0.200. The van der Waals surface area contributed by atoms with Gasteiger partial charge >= 0.3 is 6.29 Å². The van der Waals surface area contributed by atoms with E-state index in [1.807, 2.05) is 0 Å². The molecule has 1 aliphatic rings. The first-order valence-corrected chi connectivity index (χ1v) is 8.69. The highest BCUT2D eigenvalue weighted by atomic mass is 19.3. The van der Waals surface area contributed by atoms with Crippen LogP contribution < -0.4 is 14.8 Å². The second kappa shape index (κ2) is 7.05. The van der Waals surface area contributed by atoms with Crippen molar-refractivity contribution in [2.24, 2.45) is 0 Å². The molecule has 1 aliphatic heterocycles. The Morgan fingerprint density at radius 2 is 1.80 bits per heavy atom. The Hall–Kier alpha value is -3.56. The van der Waals surface area contributed by atoms with E-state index in [-0.39, 0.29) is 28.4 Å². The lowest BCUT2D eigenvalue weighted by atomic mass is 10.0. The number of carbonyl (C=O) groups is 1. The third kappa shape index (κ3) is 3.56. The third-order valence-electron chi connectivity index (χ3n) is 4.49. The smallest absolute Gasteiger partial charge is 0.462 e. The number of pyridine rings is 1. The third-order valence-corrected chi connectivity index (χ3v) is 4.49. The molecule has 0 spiro atoms. The summed E-state index contributed by atoms with van der Waals surface area (Å²) < 4.78 is 66.1. The number of carbonyl (C=O) groups excluding carboxylic acids is 1. The summed E-state index contributed by atoms with van der Waals surface area (Å²) in [7, 11) is 0. The molecule has 0 bridgehead atoms. The molecule has 30 heavy (non-hydrogen) atoms. The molecule has 2 aromatic heterocycles. The molecular formula is C20H14F4N2O4. The Labute approximate surface area is 167 Å². The van der Waals surface area contributed by atoms with Gasteiger partial charge in [-0.3, -0.25) is 4.79 Å². The monoisotopic (exact) mass is 422 g/mol. The minimum Gasteiger partial charge on any atom is -0.462 e. The molecule has 4 rings (SSSR count). The van der Waals surface area contributed by atoms with Crippen molar-refractivity contribution in [2.45, 2.75) is 26.6 Å². The SMILES string of the molecule is Cc1cc2c(cc1-c1ccc(NC(=O)c3c(C)coc3C(F)F)nc1)OC(F)(F)O2. The van der Waals surface area contributed by atoms with Crippen LogP contribution in [0.2, 0.25) is 0 Å². The van der Waals surface area contributed by atoms with Gasteiger partial charge in [0.1, 0.15) is 5.82 Å². The Kier molecular flexibility index (Phi) is 4.64. The summed E-state index contributed by atoms with van der Waals surface area (Å²) >= 11 is 0. The number of nitrogens with one attached hydrogen (secondary N) is 1. The number of aromatic nitrogens is 1. The molecule has 0 saturated carbocycles. The van der Waals surface area contributed by atoms with E-state index >= 15 is 0 Å². The van der Waals surface area contributed by atoms with Crippen molar-refractivity contribution >= 4 is 11.7 Å². The molecule has 0 saturated heterocycles. The van der Waals surface area contributed by atoms with Gasteiger partial charge in [-0.05, 0) is 49.2 Å². The summed E-state index contributed by atoms with van der Waals surface area (Å²) in [6, 6.07) is 5.89. The molecular weight excluding hydrogens is 408 g/mol. The van der Waals surface area contributed by atoms with E-state index < -0.39 is 24.4 Å². The summed E-state index contributed by atoms with van der Waals surface area (Å²) in [5.74, 6) is -1.54. The molecule has 6 nitrogen and oxygen atoms in total. The van der Waals surface area contributed by atoms with E-state index in [2.05, 4.69) is 19.8 Å². The van der Waals surface area contributed by atoms with Crippen LogP contribution in [0.25, 0.3) is 11.1 Å². The van der Waals surface area contributed by atoms with Gasteiger partial charge < -0.3 is 19.2 Å². The van der Waals surface area contributed by atoms with Crippen molar-refractivity contribution < 1.29 is 36.2 Å². The Morgan fingerprint density at radius 1 is 1.10 bits per heavy atom. The number of aryl methyl sites for hydroxylation is 2. The lowest BCUT2D eigenvalue weighted by Gasteiger charge is -2.09. The largest absolute Gasteiger partial charge is 0.586 e. The summed E-state index contributed by atoms with van der Waals surface area (Å²) in [5, 5.41) is 2.44. The number of ether oxygens (including phenoxy) is 2. The summed E-state index contributed by atoms with van der Waals surface area (Å²) in [6.45, 7) is 3.19. The summed E-state index contributed by atoms with van der Waals surface area (Å²) in [6.07, 6.45) is -4.16. The van der Waals surface area contributed by atoms with Crippen LogP contribution in [0.4, 0.5) is 23.4 Å². The first-order valence-electron chi connectivity index (χ1n) is 8.69. The van der Waals surface area contributed by atoms with E-state index in [9.17, 15) is 22.4 Å². The predicted molar refractivity (Wildman–Crippen MR) is 97.0 cm³/mol. The van der Waals surface area contributed by atoms with Crippen LogP contribution in [0.3, 0.4) is 0 Å². The molecule has 3 heterocycles. The van der Waals surface area contributed by atoms with Crippen LogP contribution in [0.5, 0.6) is 11.5 Å². The minimum atomic E-state index is -3.72. The highest BCUT2D eigenvalue weighted by molar-refractivity contribution is 6.05. The number of hydrogen-bond acceptors (Lipinski definition) is 5. The maximum atomic E-state index is 13.2. The quantitative estimate of drug-likeness (QED) is 0.565. The van der Waals surface area contributed by atoms with E-state index in [4.69, 9.17) is 4.42 Å². The van der Waals surface area contributed by atoms with Crippen LogP contribution >= 0.6 is 0 Å². The zero-order valence-corrected chi connectivity index (χ0v) is 15.6. The van der Waals surface area contributed by atoms with Gasteiger partial charge in [0.15, 0.2) is 17.3 Å². The molecule has 0 aliphatic carbocycles. The van der Waals surface area contributed by atoms with Crippen LogP contribution in [-0.2, 0) is 0 Å². The number of furan rings is 1. The number of anilines is 1. The molecule has 156 valence electrons. The van der Waals surface area contributed by atoms with E-state index in [1.165, 1.54) is 31.3 Å². The molecule has 0 fully saturated rings. The van der Waals surface area contributed by atoms with Crippen LogP contribution in [-0.4, -0.2) is 17.2 Å². The number of amides is 1. The lowest BCUT2D eigenvalue weighted by Crippen LogP contribution is -2.25. The van der Waals surface area contributed by atoms with Crippen molar-refractivity contribution in [3.05, 3.63) is 59.2 Å². The molecule has 0 radical (unpaired) electrons. The van der Waals surface area contributed by atoms with Gasteiger partial charge in [0.2, 0.25) is 0 Å². The Morgan fingerprint density at radius 3 is 2.43 bits per heavy atom. The number of rotatable bonds is 4. The average molecular weight is 422 g/mol. The van der Waals surface area contributed by atoms with Crippen molar-refractivity contribution in [1.29, 1.82) is 0 Å². The molecule has 0 atom stereocenters. The van der Waals surface area contributed by atoms with E-state index in [0.717, 1.165) is 6.26 Å². The zero-order chi connectivity index (χ0) is 21.6. The number of alkyl halides is 4.